The van der Waals surface area contributed by atoms with Crippen LogP contribution >= 0.6 is 11.8 Å². The van der Waals surface area contributed by atoms with Gasteiger partial charge < -0.3 is 19.5 Å². The van der Waals surface area contributed by atoms with Crippen LogP contribution in [-0.4, -0.2) is 32.0 Å². The van der Waals surface area contributed by atoms with Gasteiger partial charge in [0.15, 0.2) is 11.5 Å². The minimum absolute atomic E-state index is 0.0217. The van der Waals surface area contributed by atoms with Crippen molar-refractivity contribution in [1.29, 1.82) is 0 Å². The quantitative estimate of drug-likeness (QED) is 0.674. The summed E-state index contributed by atoms with van der Waals surface area (Å²) in [6.45, 7) is 4.92. The van der Waals surface area contributed by atoms with Gasteiger partial charge in [0.25, 0.3) is 0 Å². The predicted octanol–water partition coefficient (Wildman–Crippen LogP) is 3.90. The number of benzene rings is 2. The van der Waals surface area contributed by atoms with E-state index >= 15 is 0 Å². The predicted molar refractivity (Wildman–Crippen MR) is 104 cm³/mol. The maximum Gasteiger partial charge on any atom is 0.233 e. The molecule has 5 nitrogen and oxygen atoms in total. The molecule has 0 aromatic heterocycles. The van der Waals surface area contributed by atoms with Crippen LogP contribution in [0, 0.1) is 0 Å². The third-order valence-corrected chi connectivity index (χ3v) is 4.81. The maximum atomic E-state index is 12.4. The second-order valence-corrected chi connectivity index (χ2v) is 6.99. The first-order chi connectivity index (χ1) is 12.6. The van der Waals surface area contributed by atoms with Gasteiger partial charge in [-0.2, -0.15) is 0 Å². The van der Waals surface area contributed by atoms with Gasteiger partial charge in [-0.25, -0.2) is 0 Å². The number of thioether (sulfide) groups is 1. The monoisotopic (exact) mass is 375 g/mol. The molecule has 0 aliphatic heterocycles. The van der Waals surface area contributed by atoms with Crippen molar-refractivity contribution in [3.63, 3.8) is 0 Å². The third kappa shape index (κ3) is 5.59. The van der Waals surface area contributed by atoms with E-state index in [-0.39, 0.29) is 11.2 Å². The van der Waals surface area contributed by atoms with E-state index in [9.17, 15) is 4.79 Å². The number of nitrogens with one attached hydrogen (secondary N) is 1. The van der Waals surface area contributed by atoms with Crippen LogP contribution < -0.4 is 19.5 Å². The number of hydrogen-bond donors (Lipinski definition) is 1. The SMILES string of the molecule is CCOc1cccc(CNC(=O)C(C)Sc2ccc(OC)c(OC)c2)c1. The second kappa shape index (κ2) is 9.97. The highest BCUT2D eigenvalue weighted by molar-refractivity contribution is 8.00. The first-order valence-electron chi connectivity index (χ1n) is 8.45. The number of rotatable bonds is 9. The van der Waals surface area contributed by atoms with Crippen molar-refractivity contribution in [1.82, 2.24) is 5.32 Å². The van der Waals surface area contributed by atoms with Crippen LogP contribution in [0.2, 0.25) is 0 Å². The van der Waals surface area contributed by atoms with Crippen LogP contribution in [0.4, 0.5) is 0 Å². The Morgan fingerprint density at radius 2 is 1.88 bits per heavy atom. The molecule has 0 bridgehead atoms. The number of methoxy groups -OCH3 is 2. The first-order valence-corrected chi connectivity index (χ1v) is 9.33. The van der Waals surface area contributed by atoms with Gasteiger partial charge in [0, 0.05) is 11.4 Å². The molecule has 1 unspecified atom stereocenters. The fourth-order valence-corrected chi connectivity index (χ4v) is 3.31. The molecule has 2 aromatic rings. The molecule has 0 spiro atoms. The Morgan fingerprint density at radius 1 is 1.12 bits per heavy atom. The van der Waals surface area contributed by atoms with E-state index in [0.29, 0.717) is 24.7 Å². The molecule has 140 valence electrons. The van der Waals surface area contributed by atoms with Gasteiger partial charge in [0.05, 0.1) is 26.1 Å². The van der Waals surface area contributed by atoms with Gasteiger partial charge in [-0.15, -0.1) is 11.8 Å². The van der Waals surface area contributed by atoms with Gasteiger partial charge in [0.1, 0.15) is 5.75 Å². The smallest absolute Gasteiger partial charge is 0.233 e. The third-order valence-electron chi connectivity index (χ3n) is 3.71. The van der Waals surface area contributed by atoms with E-state index in [4.69, 9.17) is 14.2 Å². The largest absolute Gasteiger partial charge is 0.494 e. The summed E-state index contributed by atoms with van der Waals surface area (Å²) in [5, 5.41) is 2.74. The van der Waals surface area contributed by atoms with Gasteiger partial charge >= 0.3 is 0 Å². The number of carbonyl (C=O) groups excluding carboxylic acids is 1. The molecule has 0 saturated carbocycles. The molecular formula is C20H25NO4S. The van der Waals surface area contributed by atoms with E-state index < -0.39 is 0 Å². The zero-order valence-electron chi connectivity index (χ0n) is 15.6. The Kier molecular flexibility index (Phi) is 7.66. The molecule has 0 aliphatic carbocycles. The fourth-order valence-electron chi connectivity index (χ4n) is 2.39. The molecule has 1 amide bonds. The van der Waals surface area contributed by atoms with Gasteiger partial charge in [-0.1, -0.05) is 12.1 Å². The van der Waals surface area contributed by atoms with Crippen molar-refractivity contribution in [3.05, 3.63) is 48.0 Å². The molecule has 0 fully saturated rings. The summed E-state index contributed by atoms with van der Waals surface area (Å²) in [5.74, 6) is 2.11. The molecule has 0 heterocycles. The summed E-state index contributed by atoms with van der Waals surface area (Å²) in [4.78, 5) is 13.3. The summed E-state index contributed by atoms with van der Waals surface area (Å²) in [6, 6.07) is 13.4. The highest BCUT2D eigenvalue weighted by Crippen LogP contribution is 2.33. The van der Waals surface area contributed by atoms with Gasteiger partial charge in [0.2, 0.25) is 5.91 Å². The van der Waals surface area contributed by atoms with Crippen molar-refractivity contribution in [2.75, 3.05) is 20.8 Å². The van der Waals surface area contributed by atoms with Crippen molar-refractivity contribution in [2.45, 2.75) is 30.5 Å². The average molecular weight is 375 g/mol. The van der Waals surface area contributed by atoms with Crippen LogP contribution in [0.5, 0.6) is 17.2 Å². The maximum absolute atomic E-state index is 12.4. The number of carbonyl (C=O) groups is 1. The number of amides is 1. The molecule has 26 heavy (non-hydrogen) atoms. The van der Waals surface area contributed by atoms with E-state index in [1.54, 1.807) is 14.2 Å². The zero-order valence-corrected chi connectivity index (χ0v) is 16.4. The molecular weight excluding hydrogens is 350 g/mol. The Hall–Kier alpha value is -2.34. The Balaban J connectivity index is 1.92. The van der Waals surface area contributed by atoms with Crippen molar-refractivity contribution in [2.24, 2.45) is 0 Å². The molecule has 0 aliphatic rings. The summed E-state index contributed by atoms with van der Waals surface area (Å²) in [5.41, 5.74) is 1.01. The van der Waals surface area contributed by atoms with Crippen LogP contribution in [-0.2, 0) is 11.3 Å². The Labute approximate surface area is 159 Å². The van der Waals surface area contributed by atoms with E-state index in [2.05, 4.69) is 5.32 Å². The molecule has 2 aromatic carbocycles. The van der Waals surface area contributed by atoms with Crippen molar-refractivity contribution < 1.29 is 19.0 Å². The van der Waals surface area contributed by atoms with E-state index in [0.717, 1.165) is 16.2 Å². The number of ether oxygens (including phenoxy) is 3. The Morgan fingerprint density at radius 3 is 2.58 bits per heavy atom. The van der Waals surface area contributed by atoms with Crippen LogP contribution in [0.25, 0.3) is 0 Å². The lowest BCUT2D eigenvalue weighted by Crippen LogP contribution is -2.30. The second-order valence-electron chi connectivity index (χ2n) is 5.58. The van der Waals surface area contributed by atoms with Gasteiger partial charge in [-0.05, 0) is 49.7 Å². The van der Waals surface area contributed by atoms with Crippen molar-refractivity contribution >= 4 is 17.7 Å². The zero-order chi connectivity index (χ0) is 18.9. The van der Waals surface area contributed by atoms with Gasteiger partial charge in [-0.3, -0.25) is 4.79 Å². The van der Waals surface area contributed by atoms with Crippen LogP contribution in [0.1, 0.15) is 19.4 Å². The molecule has 0 saturated heterocycles. The lowest BCUT2D eigenvalue weighted by atomic mass is 10.2. The van der Waals surface area contributed by atoms with E-state index in [1.165, 1.54) is 11.8 Å². The molecule has 2 rings (SSSR count). The summed E-state index contributed by atoms with van der Waals surface area (Å²) in [7, 11) is 3.19. The summed E-state index contributed by atoms with van der Waals surface area (Å²) in [6.07, 6.45) is 0. The lowest BCUT2D eigenvalue weighted by molar-refractivity contribution is -0.120. The summed E-state index contributed by atoms with van der Waals surface area (Å²) >= 11 is 1.47. The molecule has 6 heteroatoms. The number of hydrogen-bond acceptors (Lipinski definition) is 5. The highest BCUT2D eigenvalue weighted by Gasteiger charge is 2.15. The molecule has 1 atom stereocenters. The molecule has 0 radical (unpaired) electrons. The van der Waals surface area contributed by atoms with E-state index in [1.807, 2.05) is 56.3 Å². The standard InChI is InChI=1S/C20H25NO4S/c1-5-25-16-8-6-7-15(11-16)13-21-20(22)14(2)26-17-9-10-18(23-3)19(12-17)24-4/h6-12,14H,5,13H2,1-4H3,(H,21,22). The fraction of sp³-hybridized carbons (Fsp3) is 0.350. The highest BCUT2D eigenvalue weighted by atomic mass is 32.2. The minimum atomic E-state index is -0.233. The normalized spacial score (nSPS) is 11.5. The minimum Gasteiger partial charge on any atom is -0.494 e. The summed E-state index contributed by atoms with van der Waals surface area (Å²) < 4.78 is 16.0. The first kappa shape index (κ1) is 20.0. The topological polar surface area (TPSA) is 56.8 Å². The van der Waals surface area contributed by atoms with Crippen LogP contribution in [0.15, 0.2) is 47.4 Å². The molecule has 1 N–H and O–H groups in total. The van der Waals surface area contributed by atoms with Crippen molar-refractivity contribution in [3.8, 4) is 17.2 Å². The Bertz CT molecular complexity index is 736. The lowest BCUT2D eigenvalue weighted by Gasteiger charge is -2.14. The average Bonchev–Trinajstić information content (AvgIpc) is 2.66. The van der Waals surface area contributed by atoms with Crippen LogP contribution in [0.3, 0.4) is 0 Å².